The number of carbonyl (C=O) groups is 3. The van der Waals surface area contributed by atoms with Crippen LogP contribution in [0.25, 0.3) is 0 Å². The van der Waals surface area contributed by atoms with Crippen LogP contribution in [0.15, 0.2) is 109 Å². The van der Waals surface area contributed by atoms with Crippen molar-refractivity contribution in [1.82, 2.24) is 0 Å². The molecule has 0 aliphatic rings. The van der Waals surface area contributed by atoms with Gasteiger partial charge in [-0.2, -0.15) is 0 Å². The van der Waals surface area contributed by atoms with Gasteiger partial charge in [0, 0.05) is 12.8 Å². The Morgan fingerprint density at radius 2 is 0.824 bits per heavy atom. The quantitative estimate of drug-likeness (QED) is 0.0197. The fourth-order valence-corrected chi connectivity index (χ4v) is 7.05. The minimum Gasteiger partial charge on any atom is -0.462 e. The lowest BCUT2D eigenvalue weighted by atomic mass is 10.1. The molecule has 0 aromatic rings. The number of carbonyl (C=O) groups excluding carboxylic acids is 3. The maximum atomic E-state index is 12.8. The topological polar surface area (TPSA) is 155 Å². The molecule has 0 spiro atoms. The van der Waals surface area contributed by atoms with E-state index in [1.54, 1.807) is 6.08 Å². The standard InChI is InChI=1S/C56H91O11P/c1-4-7-10-13-16-19-22-25-26-29-32-35-38-41-44-47-56(60)67-53(49-63-54(58)45-42-39-36-33-30-27-23-20-17-14-11-8-5-2)51-65-68(61,62)64-50-52(48-57)66-55(59)46-43-40-37-34-31-28-24-21-18-15-12-9-6-3/h7,10-12,14-16,19-21,23-26,32,35,41,44,52-53,57H,4-6,8-9,13,17-18,22,27-31,33-34,36-40,42-43,45-51H2,1-3H3,(H,61,62)/b10-7-,14-11-,15-12-,19-16-,23-20-,24-21-,26-25-,35-32-,44-41-. The molecule has 0 aliphatic carbocycles. The highest BCUT2D eigenvalue weighted by atomic mass is 31.2. The first-order valence-corrected chi connectivity index (χ1v) is 27.3. The Kier molecular flexibility index (Phi) is 46.7. The number of unbranched alkanes of at least 4 members (excludes halogenated alkanes) is 12. The van der Waals surface area contributed by atoms with Gasteiger partial charge in [-0.25, -0.2) is 4.57 Å². The van der Waals surface area contributed by atoms with Crippen molar-refractivity contribution in [2.24, 2.45) is 0 Å². The summed E-state index contributed by atoms with van der Waals surface area (Å²) in [5.74, 6) is -1.66. The van der Waals surface area contributed by atoms with Crippen LogP contribution in [0.5, 0.6) is 0 Å². The minimum atomic E-state index is -4.78. The van der Waals surface area contributed by atoms with E-state index in [9.17, 15) is 28.9 Å². The fourth-order valence-electron chi connectivity index (χ4n) is 6.27. The zero-order chi connectivity index (χ0) is 49.9. The molecule has 3 atom stereocenters. The number of hydrogen-bond acceptors (Lipinski definition) is 10. The first-order chi connectivity index (χ1) is 33.2. The first kappa shape index (κ1) is 64.1. The van der Waals surface area contributed by atoms with Crippen LogP contribution >= 0.6 is 7.82 Å². The van der Waals surface area contributed by atoms with E-state index in [-0.39, 0.29) is 25.9 Å². The van der Waals surface area contributed by atoms with Gasteiger partial charge in [0.1, 0.15) is 12.7 Å². The molecule has 11 nitrogen and oxygen atoms in total. The molecule has 0 fully saturated rings. The van der Waals surface area contributed by atoms with Crippen molar-refractivity contribution in [2.75, 3.05) is 26.4 Å². The highest BCUT2D eigenvalue weighted by Crippen LogP contribution is 2.43. The van der Waals surface area contributed by atoms with Crippen molar-refractivity contribution in [2.45, 2.75) is 200 Å². The summed E-state index contributed by atoms with van der Waals surface area (Å²) in [6.07, 6.45) is 58.0. The molecule has 68 heavy (non-hydrogen) atoms. The zero-order valence-electron chi connectivity index (χ0n) is 42.3. The normalized spacial score (nSPS) is 14.4. The third-order valence-corrected chi connectivity index (χ3v) is 11.1. The van der Waals surface area contributed by atoms with Crippen LogP contribution < -0.4 is 0 Å². The molecule has 0 radical (unpaired) electrons. The van der Waals surface area contributed by atoms with E-state index in [0.29, 0.717) is 19.3 Å². The van der Waals surface area contributed by atoms with Gasteiger partial charge in [-0.05, 0) is 96.3 Å². The van der Waals surface area contributed by atoms with E-state index >= 15 is 0 Å². The molecular weight excluding hydrogens is 880 g/mol. The summed E-state index contributed by atoms with van der Waals surface area (Å²) in [4.78, 5) is 48.2. The lowest BCUT2D eigenvalue weighted by molar-refractivity contribution is -0.160. The Morgan fingerprint density at radius 1 is 0.441 bits per heavy atom. The number of rotatable bonds is 46. The van der Waals surface area contributed by atoms with Gasteiger partial charge in [-0.3, -0.25) is 23.4 Å². The van der Waals surface area contributed by atoms with Crippen LogP contribution in [0.2, 0.25) is 0 Å². The lowest BCUT2D eigenvalue weighted by Gasteiger charge is -2.21. The summed E-state index contributed by atoms with van der Waals surface area (Å²) in [5.41, 5.74) is 0. The second kappa shape index (κ2) is 49.6. The Hall–Kier alpha value is -3.86. The van der Waals surface area contributed by atoms with Crippen LogP contribution in [0.4, 0.5) is 0 Å². The van der Waals surface area contributed by atoms with E-state index < -0.39 is 57.8 Å². The summed E-state index contributed by atoms with van der Waals surface area (Å²) in [6.45, 7) is 4.22. The Morgan fingerprint density at radius 3 is 1.29 bits per heavy atom. The average molecular weight is 971 g/mol. The molecule has 386 valence electrons. The first-order valence-electron chi connectivity index (χ1n) is 25.8. The monoisotopic (exact) mass is 971 g/mol. The van der Waals surface area contributed by atoms with Crippen LogP contribution in [0.1, 0.15) is 188 Å². The van der Waals surface area contributed by atoms with Gasteiger partial charge in [0.05, 0.1) is 26.2 Å². The molecule has 0 saturated carbocycles. The number of ether oxygens (including phenoxy) is 3. The molecule has 2 N–H and O–H groups in total. The third kappa shape index (κ3) is 47.2. The van der Waals surface area contributed by atoms with Gasteiger partial charge >= 0.3 is 25.7 Å². The molecule has 12 heteroatoms. The van der Waals surface area contributed by atoms with Crippen LogP contribution in [-0.4, -0.2) is 66.5 Å². The van der Waals surface area contributed by atoms with Gasteiger partial charge in [-0.1, -0.05) is 182 Å². The highest BCUT2D eigenvalue weighted by Gasteiger charge is 2.28. The highest BCUT2D eigenvalue weighted by molar-refractivity contribution is 7.47. The van der Waals surface area contributed by atoms with Gasteiger partial charge < -0.3 is 24.2 Å². The Bertz CT molecular complexity index is 1550. The lowest BCUT2D eigenvalue weighted by Crippen LogP contribution is -2.30. The summed E-state index contributed by atoms with van der Waals surface area (Å²) in [7, 11) is -4.78. The molecule has 0 saturated heterocycles. The molecule has 0 amide bonds. The predicted octanol–water partition coefficient (Wildman–Crippen LogP) is 14.7. The van der Waals surface area contributed by atoms with Gasteiger partial charge in [0.15, 0.2) is 6.10 Å². The maximum absolute atomic E-state index is 12.8. The summed E-state index contributed by atoms with van der Waals surface area (Å²) < 4.78 is 39.2. The van der Waals surface area contributed by atoms with Crippen LogP contribution in [0, 0.1) is 0 Å². The Balaban J connectivity index is 4.90. The Labute approximate surface area is 412 Å². The van der Waals surface area contributed by atoms with E-state index in [2.05, 4.69) is 106 Å². The van der Waals surface area contributed by atoms with Crippen molar-refractivity contribution in [3.05, 3.63) is 109 Å². The zero-order valence-corrected chi connectivity index (χ0v) is 43.2. The fraction of sp³-hybridized carbons (Fsp3) is 0.625. The molecule has 0 rings (SSSR count). The molecule has 0 aliphatic heterocycles. The minimum absolute atomic E-state index is 0.0737. The second-order valence-corrected chi connectivity index (χ2v) is 18.1. The van der Waals surface area contributed by atoms with Crippen molar-refractivity contribution in [3.8, 4) is 0 Å². The number of phosphoric acid groups is 1. The van der Waals surface area contributed by atoms with E-state index in [1.165, 1.54) is 0 Å². The number of allylic oxidation sites excluding steroid dienone is 17. The van der Waals surface area contributed by atoms with E-state index in [0.717, 1.165) is 128 Å². The summed E-state index contributed by atoms with van der Waals surface area (Å²) in [6, 6.07) is 0. The van der Waals surface area contributed by atoms with Gasteiger partial charge in [0.2, 0.25) is 0 Å². The number of aliphatic hydroxyl groups is 1. The molecule has 0 aromatic heterocycles. The van der Waals surface area contributed by atoms with Crippen molar-refractivity contribution < 1.29 is 52.2 Å². The third-order valence-electron chi connectivity index (χ3n) is 10.1. The van der Waals surface area contributed by atoms with Gasteiger partial charge in [0.25, 0.3) is 0 Å². The predicted molar refractivity (Wildman–Crippen MR) is 279 cm³/mol. The number of esters is 3. The summed E-state index contributed by atoms with van der Waals surface area (Å²) >= 11 is 0. The molecule has 3 unspecified atom stereocenters. The van der Waals surface area contributed by atoms with Crippen molar-refractivity contribution in [1.29, 1.82) is 0 Å². The second-order valence-electron chi connectivity index (χ2n) is 16.6. The molecule has 0 aromatic carbocycles. The number of hydrogen-bond donors (Lipinski definition) is 2. The van der Waals surface area contributed by atoms with Crippen LogP contribution in [-0.2, 0) is 42.2 Å². The molecule has 0 heterocycles. The van der Waals surface area contributed by atoms with Gasteiger partial charge in [-0.15, -0.1) is 0 Å². The van der Waals surface area contributed by atoms with Crippen molar-refractivity contribution in [3.63, 3.8) is 0 Å². The largest absolute Gasteiger partial charge is 0.472 e. The maximum Gasteiger partial charge on any atom is 0.472 e. The average Bonchev–Trinajstić information content (AvgIpc) is 3.32. The number of aliphatic hydroxyl groups excluding tert-OH is 1. The summed E-state index contributed by atoms with van der Waals surface area (Å²) in [5, 5.41) is 9.77. The smallest absolute Gasteiger partial charge is 0.462 e. The van der Waals surface area contributed by atoms with E-state index in [1.807, 2.05) is 18.2 Å². The van der Waals surface area contributed by atoms with Crippen LogP contribution in [0.3, 0.4) is 0 Å². The number of phosphoric ester groups is 1. The molecular formula is C56H91O11P. The van der Waals surface area contributed by atoms with Crippen molar-refractivity contribution >= 4 is 25.7 Å². The van der Waals surface area contributed by atoms with E-state index in [4.69, 9.17) is 23.3 Å². The molecule has 0 bridgehead atoms. The SMILES string of the molecule is CC/C=C\C/C=C\C/C=C\C/C=C\C/C=C\CC(=O)OC(COC(=O)CCCCCCC/C=C\C/C=C\CCC)COP(=O)(O)OCC(CO)OC(=O)CCCCCCC/C=C\C/C=C\CCC.